The van der Waals surface area contributed by atoms with Gasteiger partial charge in [-0.1, -0.05) is 150 Å². The van der Waals surface area contributed by atoms with E-state index in [2.05, 4.69) is 160 Å². The van der Waals surface area contributed by atoms with E-state index in [0.29, 0.717) is 9.80 Å². The first-order chi connectivity index (χ1) is 30.0. The second kappa shape index (κ2) is 16.5. The standard InChI is InChI=1S/C57H59N2O2S/c1-7-9-20-38-58-49-34-30-40-22-14-16-26-43(40)53(49)56(3,4)51(58)36-32-47-45-28-18-19-29-46(45)48(55(47)62(60,61)42-24-12-11-13-25-42)33-37-52-57(5,6)54-44-27-17-15-23-41(44)31-35-50(54)59(52)39-21-10-8-2/h11-19,22-37H,7-10,20-21,38-39H2,1-6H3/q+1. The molecule has 314 valence electrons. The highest BCUT2D eigenvalue weighted by Gasteiger charge is 2.46. The minimum absolute atomic E-state index is 0.294. The summed E-state index contributed by atoms with van der Waals surface area (Å²) < 4.78 is 33.1. The molecule has 0 N–H and O–H groups in total. The first kappa shape index (κ1) is 41.6. The highest BCUT2D eigenvalue weighted by molar-refractivity contribution is 7.96. The van der Waals surface area contributed by atoms with Crippen molar-refractivity contribution in [3.05, 3.63) is 185 Å². The Kier molecular flexibility index (Phi) is 11.1. The molecule has 0 aromatic heterocycles. The summed E-state index contributed by atoms with van der Waals surface area (Å²) in [5.74, 6) is 0. The number of fused-ring (bicyclic) bond motifs is 7. The fourth-order valence-corrected chi connectivity index (χ4v) is 12.3. The van der Waals surface area contributed by atoms with Crippen molar-refractivity contribution in [1.29, 1.82) is 0 Å². The number of allylic oxidation sites excluding steroid dienone is 7. The lowest BCUT2D eigenvalue weighted by atomic mass is 9.79. The molecular weight excluding hydrogens is 777 g/mol. The number of benzene rings is 6. The quantitative estimate of drug-likeness (QED) is 0.0859. The van der Waals surface area contributed by atoms with Crippen LogP contribution in [0.2, 0.25) is 0 Å². The van der Waals surface area contributed by atoms with Crippen LogP contribution in [0.15, 0.2) is 167 Å². The van der Waals surface area contributed by atoms with Gasteiger partial charge in [0.1, 0.15) is 6.54 Å². The van der Waals surface area contributed by atoms with Crippen molar-refractivity contribution in [3.63, 3.8) is 0 Å². The Labute approximate surface area is 369 Å². The van der Waals surface area contributed by atoms with Crippen molar-refractivity contribution < 1.29 is 13.0 Å². The molecule has 0 saturated heterocycles. The van der Waals surface area contributed by atoms with E-state index in [1.807, 2.05) is 30.3 Å². The molecule has 0 spiro atoms. The lowest BCUT2D eigenvalue weighted by Gasteiger charge is -2.27. The van der Waals surface area contributed by atoms with Crippen LogP contribution in [0.1, 0.15) is 102 Å². The zero-order chi connectivity index (χ0) is 43.2. The molecule has 0 saturated carbocycles. The molecule has 0 radical (unpaired) electrons. The number of sulfone groups is 1. The maximum absolute atomic E-state index is 15.3. The molecule has 0 bridgehead atoms. The molecule has 0 unspecified atom stereocenters. The Morgan fingerprint density at radius 2 is 1.21 bits per heavy atom. The monoisotopic (exact) mass is 835 g/mol. The number of hydrogen-bond acceptors (Lipinski definition) is 3. The largest absolute Gasteiger partial charge is 0.344 e. The smallest absolute Gasteiger partial charge is 0.210 e. The van der Waals surface area contributed by atoms with Crippen LogP contribution in [0.25, 0.3) is 32.7 Å². The molecule has 9 rings (SSSR count). The fraction of sp³-hybridized carbons (Fsp3) is 0.281. The molecule has 1 aliphatic carbocycles. The number of hydrogen-bond donors (Lipinski definition) is 0. The van der Waals surface area contributed by atoms with Gasteiger partial charge in [-0.25, -0.2) is 8.42 Å². The second-order valence-corrected chi connectivity index (χ2v) is 20.2. The lowest BCUT2D eigenvalue weighted by molar-refractivity contribution is -0.438. The van der Waals surface area contributed by atoms with Gasteiger partial charge in [0.05, 0.1) is 15.2 Å². The van der Waals surface area contributed by atoms with Gasteiger partial charge in [0, 0.05) is 58.6 Å². The molecule has 6 aromatic carbocycles. The molecule has 2 heterocycles. The van der Waals surface area contributed by atoms with Gasteiger partial charge in [0.2, 0.25) is 15.5 Å². The van der Waals surface area contributed by atoms with Gasteiger partial charge < -0.3 is 4.90 Å². The van der Waals surface area contributed by atoms with Gasteiger partial charge in [0.15, 0.2) is 5.71 Å². The first-order valence-corrected chi connectivity index (χ1v) is 24.2. The Balaban J connectivity index is 1.25. The van der Waals surface area contributed by atoms with Crippen LogP contribution >= 0.6 is 0 Å². The molecule has 62 heavy (non-hydrogen) atoms. The average Bonchev–Trinajstić information content (AvgIpc) is 3.81. The van der Waals surface area contributed by atoms with E-state index >= 15 is 8.42 Å². The van der Waals surface area contributed by atoms with Crippen molar-refractivity contribution in [2.75, 3.05) is 18.0 Å². The van der Waals surface area contributed by atoms with E-state index < -0.39 is 9.84 Å². The fourth-order valence-electron chi connectivity index (χ4n) is 10.6. The van der Waals surface area contributed by atoms with Crippen LogP contribution in [0, 0.1) is 0 Å². The van der Waals surface area contributed by atoms with E-state index in [9.17, 15) is 0 Å². The summed E-state index contributed by atoms with van der Waals surface area (Å²) in [6, 6.07) is 43.7. The third kappa shape index (κ3) is 6.90. The van der Waals surface area contributed by atoms with Gasteiger partial charge in [0.25, 0.3) is 0 Å². The zero-order valence-electron chi connectivity index (χ0n) is 37.2. The molecule has 0 amide bonds. The molecule has 0 atom stereocenters. The summed E-state index contributed by atoms with van der Waals surface area (Å²) >= 11 is 0. The van der Waals surface area contributed by atoms with Gasteiger partial charge >= 0.3 is 0 Å². The predicted octanol–water partition coefficient (Wildman–Crippen LogP) is 14.3. The normalized spacial score (nSPS) is 17.9. The minimum Gasteiger partial charge on any atom is -0.344 e. The molecule has 6 aromatic rings. The summed E-state index contributed by atoms with van der Waals surface area (Å²) in [7, 11) is -3.99. The van der Waals surface area contributed by atoms with Gasteiger partial charge in [-0.15, -0.1) is 0 Å². The third-order valence-corrected chi connectivity index (χ3v) is 15.5. The van der Waals surface area contributed by atoms with Crippen molar-refractivity contribution in [2.45, 2.75) is 95.8 Å². The molecular formula is C57H59N2O2S+. The summed E-state index contributed by atoms with van der Waals surface area (Å²) in [5, 5.41) is 5.00. The number of rotatable bonds is 13. The summed E-state index contributed by atoms with van der Waals surface area (Å²) in [6.45, 7) is 15.6. The number of anilines is 1. The van der Waals surface area contributed by atoms with Crippen LogP contribution < -0.4 is 4.90 Å². The maximum atomic E-state index is 15.3. The predicted molar refractivity (Wildman–Crippen MR) is 262 cm³/mol. The first-order valence-electron chi connectivity index (χ1n) is 22.7. The summed E-state index contributed by atoms with van der Waals surface area (Å²) in [5.41, 5.74) is 10.2. The highest BCUT2D eigenvalue weighted by atomic mass is 32.2. The van der Waals surface area contributed by atoms with E-state index in [4.69, 9.17) is 0 Å². The lowest BCUT2D eigenvalue weighted by Crippen LogP contribution is -2.28. The molecule has 3 aliphatic rings. The maximum Gasteiger partial charge on any atom is 0.210 e. The number of unbranched alkanes of at least 4 members (excludes halogenated alkanes) is 4. The van der Waals surface area contributed by atoms with Crippen molar-refractivity contribution in [1.82, 2.24) is 0 Å². The average molecular weight is 836 g/mol. The van der Waals surface area contributed by atoms with Crippen molar-refractivity contribution in [3.8, 4) is 0 Å². The summed E-state index contributed by atoms with van der Waals surface area (Å²) in [6.07, 6.45) is 15.4. The number of nitrogens with zero attached hydrogens (tertiary/aromatic N) is 2. The van der Waals surface area contributed by atoms with Crippen LogP contribution in [0.5, 0.6) is 0 Å². The van der Waals surface area contributed by atoms with Crippen LogP contribution in [0.3, 0.4) is 0 Å². The molecule has 5 heteroatoms. The minimum atomic E-state index is -3.99. The highest BCUT2D eigenvalue weighted by Crippen LogP contribution is 2.52. The van der Waals surface area contributed by atoms with E-state index in [-0.39, 0.29) is 10.8 Å². The Morgan fingerprint density at radius 3 is 1.92 bits per heavy atom. The SMILES string of the molecule is CCCCCN1/C(=C/C=C2C(S(=O)(=O)c3ccccc3)=C(/C=C/C3=[N+](CCCCC)c4ccc5ccccc5c4C3(C)C)c3ccccc3/2)C(C)(C)c2c1ccc1ccccc21. The topological polar surface area (TPSA) is 40.4 Å². The van der Waals surface area contributed by atoms with Gasteiger partial charge in [-0.05, 0) is 101 Å². The third-order valence-electron chi connectivity index (χ3n) is 13.6. The van der Waals surface area contributed by atoms with E-state index in [1.165, 1.54) is 55.5 Å². The van der Waals surface area contributed by atoms with E-state index in [0.717, 1.165) is 73.9 Å². The zero-order valence-corrected chi connectivity index (χ0v) is 38.0. The molecule has 2 aliphatic heterocycles. The van der Waals surface area contributed by atoms with Crippen molar-refractivity contribution in [2.24, 2.45) is 0 Å². The van der Waals surface area contributed by atoms with Crippen LogP contribution in [-0.2, 0) is 20.7 Å². The molecule has 4 nitrogen and oxygen atoms in total. The van der Waals surface area contributed by atoms with E-state index in [1.54, 1.807) is 12.1 Å². The molecule has 0 fully saturated rings. The Bertz CT molecular complexity index is 3000. The Hall–Kier alpha value is -5.78. The van der Waals surface area contributed by atoms with Crippen LogP contribution in [0.4, 0.5) is 11.4 Å². The van der Waals surface area contributed by atoms with Crippen molar-refractivity contribution >= 4 is 59.6 Å². The van der Waals surface area contributed by atoms with Gasteiger partial charge in [-0.3, -0.25) is 0 Å². The van der Waals surface area contributed by atoms with Crippen LogP contribution in [-0.4, -0.2) is 31.8 Å². The van der Waals surface area contributed by atoms with Gasteiger partial charge in [-0.2, -0.15) is 4.58 Å². The summed E-state index contributed by atoms with van der Waals surface area (Å²) in [4.78, 5) is 3.15. The Morgan fingerprint density at radius 1 is 0.597 bits per heavy atom. The second-order valence-electron chi connectivity index (χ2n) is 18.3.